The molecule has 3 nitrogen and oxygen atoms in total. The highest BCUT2D eigenvalue weighted by atomic mass is 16.3. The molecule has 2 N–H and O–H groups in total. The van der Waals surface area contributed by atoms with E-state index in [2.05, 4.69) is 66.5 Å². The van der Waals surface area contributed by atoms with E-state index >= 15 is 0 Å². The Bertz CT molecular complexity index is 660. The zero-order valence-electron chi connectivity index (χ0n) is 14.0. The number of nitrogens with zero attached hydrogens (tertiary/aromatic N) is 1. The quantitative estimate of drug-likeness (QED) is 0.899. The summed E-state index contributed by atoms with van der Waals surface area (Å²) in [5, 5.41) is 13.2. The summed E-state index contributed by atoms with van der Waals surface area (Å²) in [6.45, 7) is 7.05. The summed E-state index contributed by atoms with van der Waals surface area (Å²) in [5.41, 5.74) is 6.43. The molecular formula is C20H26N2O. The SMILES string of the molecule is Cc1cccc(CNc2cccc(N3CCC(O)CC3)c2)c1C. The Kier molecular flexibility index (Phi) is 4.87. The number of nitrogens with one attached hydrogen (secondary N) is 1. The van der Waals surface area contributed by atoms with E-state index < -0.39 is 0 Å². The van der Waals surface area contributed by atoms with E-state index in [1.165, 1.54) is 22.4 Å². The molecule has 0 saturated carbocycles. The predicted molar refractivity (Wildman–Crippen MR) is 97.1 cm³/mol. The highest BCUT2D eigenvalue weighted by molar-refractivity contribution is 5.58. The van der Waals surface area contributed by atoms with Crippen LogP contribution >= 0.6 is 0 Å². The van der Waals surface area contributed by atoms with Gasteiger partial charge in [-0.3, -0.25) is 0 Å². The van der Waals surface area contributed by atoms with E-state index in [1.807, 2.05) is 0 Å². The first-order valence-electron chi connectivity index (χ1n) is 8.45. The van der Waals surface area contributed by atoms with Crippen molar-refractivity contribution in [2.24, 2.45) is 0 Å². The summed E-state index contributed by atoms with van der Waals surface area (Å²) in [6.07, 6.45) is 1.59. The van der Waals surface area contributed by atoms with E-state index in [-0.39, 0.29) is 6.10 Å². The smallest absolute Gasteiger partial charge is 0.0574 e. The lowest BCUT2D eigenvalue weighted by atomic mass is 10.0. The molecule has 23 heavy (non-hydrogen) atoms. The molecule has 0 amide bonds. The first-order chi connectivity index (χ1) is 11.1. The maximum absolute atomic E-state index is 9.65. The van der Waals surface area contributed by atoms with Crippen molar-refractivity contribution in [1.29, 1.82) is 0 Å². The van der Waals surface area contributed by atoms with Gasteiger partial charge in [-0.25, -0.2) is 0 Å². The van der Waals surface area contributed by atoms with Crippen molar-refractivity contribution in [3.8, 4) is 0 Å². The Morgan fingerprint density at radius 2 is 1.83 bits per heavy atom. The third kappa shape index (κ3) is 3.85. The van der Waals surface area contributed by atoms with Gasteiger partial charge in [-0.05, 0) is 61.6 Å². The fourth-order valence-corrected chi connectivity index (χ4v) is 3.14. The average molecular weight is 310 g/mol. The largest absolute Gasteiger partial charge is 0.393 e. The van der Waals surface area contributed by atoms with Crippen molar-refractivity contribution in [2.45, 2.75) is 39.3 Å². The Hall–Kier alpha value is -2.00. The number of anilines is 2. The lowest BCUT2D eigenvalue weighted by Gasteiger charge is -2.31. The van der Waals surface area contributed by atoms with Crippen LogP contribution in [0.15, 0.2) is 42.5 Å². The minimum Gasteiger partial charge on any atom is -0.393 e. The van der Waals surface area contributed by atoms with Crippen molar-refractivity contribution in [1.82, 2.24) is 0 Å². The number of aryl methyl sites for hydroxylation is 1. The van der Waals surface area contributed by atoms with Gasteiger partial charge < -0.3 is 15.3 Å². The van der Waals surface area contributed by atoms with Crippen molar-refractivity contribution in [3.63, 3.8) is 0 Å². The Balaban J connectivity index is 1.67. The molecule has 1 fully saturated rings. The van der Waals surface area contributed by atoms with Crippen molar-refractivity contribution in [2.75, 3.05) is 23.3 Å². The molecule has 0 bridgehead atoms. The zero-order valence-corrected chi connectivity index (χ0v) is 14.0. The highest BCUT2D eigenvalue weighted by Crippen LogP contribution is 2.24. The van der Waals surface area contributed by atoms with Gasteiger partial charge in [0.1, 0.15) is 0 Å². The molecule has 0 radical (unpaired) electrons. The minimum atomic E-state index is -0.128. The number of benzene rings is 2. The lowest BCUT2D eigenvalue weighted by Crippen LogP contribution is -2.35. The molecule has 2 aromatic rings. The molecule has 1 saturated heterocycles. The molecule has 0 aliphatic carbocycles. The second-order valence-electron chi connectivity index (χ2n) is 6.48. The third-order valence-corrected chi connectivity index (χ3v) is 4.88. The lowest BCUT2D eigenvalue weighted by molar-refractivity contribution is 0.145. The number of hydrogen-bond donors (Lipinski definition) is 2. The van der Waals surface area contributed by atoms with Gasteiger partial charge in [-0.2, -0.15) is 0 Å². The number of rotatable bonds is 4. The van der Waals surface area contributed by atoms with Crippen LogP contribution in [0.4, 0.5) is 11.4 Å². The molecule has 3 rings (SSSR count). The number of piperidine rings is 1. The van der Waals surface area contributed by atoms with Gasteiger partial charge in [0.15, 0.2) is 0 Å². The van der Waals surface area contributed by atoms with Gasteiger partial charge in [0.25, 0.3) is 0 Å². The predicted octanol–water partition coefficient (Wildman–Crippen LogP) is 3.88. The van der Waals surface area contributed by atoms with E-state index in [0.29, 0.717) is 0 Å². The second kappa shape index (κ2) is 7.05. The normalized spacial score (nSPS) is 15.7. The average Bonchev–Trinajstić information content (AvgIpc) is 2.57. The summed E-state index contributed by atoms with van der Waals surface area (Å²) in [6, 6.07) is 15.0. The molecule has 2 aromatic carbocycles. The van der Waals surface area contributed by atoms with Gasteiger partial charge in [-0.15, -0.1) is 0 Å². The van der Waals surface area contributed by atoms with Crippen LogP contribution in [0.25, 0.3) is 0 Å². The summed E-state index contributed by atoms with van der Waals surface area (Å²) in [4.78, 5) is 2.36. The van der Waals surface area contributed by atoms with E-state index in [0.717, 1.165) is 38.2 Å². The van der Waals surface area contributed by atoms with Gasteiger partial charge in [0, 0.05) is 31.0 Å². The minimum absolute atomic E-state index is 0.128. The Labute approximate surface area is 139 Å². The number of hydrogen-bond acceptors (Lipinski definition) is 3. The zero-order chi connectivity index (χ0) is 16.2. The van der Waals surface area contributed by atoms with Crippen molar-refractivity contribution < 1.29 is 5.11 Å². The monoisotopic (exact) mass is 310 g/mol. The van der Waals surface area contributed by atoms with Crippen LogP contribution < -0.4 is 10.2 Å². The fraction of sp³-hybridized carbons (Fsp3) is 0.400. The molecule has 0 aromatic heterocycles. The molecule has 0 unspecified atom stereocenters. The number of aliphatic hydroxyl groups excluding tert-OH is 1. The van der Waals surface area contributed by atoms with Crippen LogP contribution in [-0.2, 0) is 6.54 Å². The molecule has 1 heterocycles. The summed E-state index contributed by atoms with van der Waals surface area (Å²) >= 11 is 0. The summed E-state index contributed by atoms with van der Waals surface area (Å²) < 4.78 is 0. The fourth-order valence-electron chi connectivity index (χ4n) is 3.14. The van der Waals surface area contributed by atoms with Crippen LogP contribution in [0.2, 0.25) is 0 Å². The summed E-state index contributed by atoms with van der Waals surface area (Å²) in [5.74, 6) is 0. The molecular weight excluding hydrogens is 284 g/mol. The van der Waals surface area contributed by atoms with Crippen LogP contribution in [-0.4, -0.2) is 24.3 Å². The second-order valence-corrected chi connectivity index (χ2v) is 6.48. The van der Waals surface area contributed by atoms with E-state index in [4.69, 9.17) is 0 Å². The first kappa shape index (κ1) is 15.9. The summed E-state index contributed by atoms with van der Waals surface area (Å²) in [7, 11) is 0. The molecule has 0 spiro atoms. The maximum Gasteiger partial charge on any atom is 0.0574 e. The molecule has 3 heteroatoms. The van der Waals surface area contributed by atoms with E-state index in [1.54, 1.807) is 0 Å². The molecule has 122 valence electrons. The van der Waals surface area contributed by atoms with Crippen molar-refractivity contribution >= 4 is 11.4 Å². The Morgan fingerprint density at radius 3 is 2.61 bits per heavy atom. The Morgan fingerprint density at radius 1 is 1.09 bits per heavy atom. The van der Waals surface area contributed by atoms with Gasteiger partial charge in [-0.1, -0.05) is 24.3 Å². The van der Waals surface area contributed by atoms with Gasteiger partial charge in [0.2, 0.25) is 0 Å². The van der Waals surface area contributed by atoms with Gasteiger partial charge >= 0.3 is 0 Å². The molecule has 1 aliphatic heterocycles. The molecule has 1 aliphatic rings. The third-order valence-electron chi connectivity index (χ3n) is 4.88. The highest BCUT2D eigenvalue weighted by Gasteiger charge is 2.17. The number of aliphatic hydroxyl groups is 1. The standard InChI is InChI=1S/C20H26N2O/c1-15-5-3-6-17(16(15)2)14-21-18-7-4-8-19(13-18)22-11-9-20(23)10-12-22/h3-8,13,20-21,23H,9-12,14H2,1-2H3. The van der Waals surface area contributed by atoms with Crippen LogP contribution in [0.5, 0.6) is 0 Å². The van der Waals surface area contributed by atoms with Crippen LogP contribution in [0.3, 0.4) is 0 Å². The molecule has 0 atom stereocenters. The van der Waals surface area contributed by atoms with Crippen LogP contribution in [0, 0.1) is 13.8 Å². The van der Waals surface area contributed by atoms with Crippen LogP contribution in [0.1, 0.15) is 29.5 Å². The topological polar surface area (TPSA) is 35.5 Å². The van der Waals surface area contributed by atoms with E-state index in [9.17, 15) is 5.11 Å². The van der Waals surface area contributed by atoms with Crippen molar-refractivity contribution in [3.05, 3.63) is 59.2 Å². The maximum atomic E-state index is 9.65. The van der Waals surface area contributed by atoms with Gasteiger partial charge in [0.05, 0.1) is 6.10 Å². The first-order valence-corrected chi connectivity index (χ1v) is 8.45.